The van der Waals surface area contributed by atoms with Gasteiger partial charge >= 0.3 is 0 Å². The molecule has 3 nitrogen and oxygen atoms in total. The smallest absolute Gasteiger partial charge is 0.102 e. The van der Waals surface area contributed by atoms with Crippen LogP contribution in [-0.4, -0.2) is 23.0 Å². The maximum atomic E-state index is 7.78. The Morgan fingerprint density at radius 1 is 1.17 bits per heavy atom. The number of fused-ring (bicyclic) bond motifs is 3. The fourth-order valence-corrected chi connectivity index (χ4v) is 3.96. The van der Waals surface area contributed by atoms with Crippen molar-refractivity contribution >= 4 is 5.69 Å². The molecule has 0 N–H and O–H groups in total. The summed E-state index contributed by atoms with van der Waals surface area (Å²) in [5.41, 5.74) is 6.92. The van der Waals surface area contributed by atoms with Gasteiger partial charge in [-0.15, -0.1) is 0 Å². The van der Waals surface area contributed by atoms with Crippen molar-refractivity contribution in [2.45, 2.75) is 39.3 Å². The van der Waals surface area contributed by atoms with Gasteiger partial charge in [-0.3, -0.25) is 4.98 Å². The van der Waals surface area contributed by atoms with E-state index >= 15 is 0 Å². The number of benzene rings is 1. The molecule has 1 aliphatic carbocycles. The zero-order chi connectivity index (χ0) is 18.9. The second-order valence-electron chi connectivity index (χ2n) is 6.94. The molecule has 1 aromatic heterocycles. The van der Waals surface area contributed by atoms with E-state index in [0.717, 1.165) is 16.8 Å². The number of hydrogen-bond donors (Lipinski definition) is 0. The van der Waals surface area contributed by atoms with Crippen molar-refractivity contribution < 1.29 is 4.11 Å². The molecule has 0 radical (unpaired) electrons. The van der Waals surface area contributed by atoms with E-state index in [1.54, 1.807) is 6.20 Å². The highest BCUT2D eigenvalue weighted by molar-refractivity contribution is 5.87. The molecule has 0 unspecified atom stereocenters. The van der Waals surface area contributed by atoms with Gasteiger partial charge in [-0.2, -0.15) is 0 Å². The number of anilines is 1. The number of rotatable bonds is 1. The minimum Gasteiger partial charge on any atom is -0.359 e. The quantitative estimate of drug-likeness (QED) is 0.784. The van der Waals surface area contributed by atoms with Gasteiger partial charge in [0.2, 0.25) is 0 Å². The van der Waals surface area contributed by atoms with Gasteiger partial charge in [0.1, 0.15) is 6.17 Å². The Kier molecular flexibility index (Phi) is 2.26. The van der Waals surface area contributed by atoms with Gasteiger partial charge in [0, 0.05) is 46.9 Å². The van der Waals surface area contributed by atoms with Crippen molar-refractivity contribution in [1.29, 1.82) is 0 Å². The second kappa shape index (κ2) is 4.60. The summed E-state index contributed by atoms with van der Waals surface area (Å²) in [6, 6.07) is 6.37. The van der Waals surface area contributed by atoms with Crippen LogP contribution < -0.4 is 4.90 Å². The maximum Gasteiger partial charge on any atom is 0.102 e. The Morgan fingerprint density at radius 2 is 2.00 bits per heavy atom. The first-order chi connectivity index (χ1) is 12.1. The lowest BCUT2D eigenvalue weighted by atomic mass is 9.80. The van der Waals surface area contributed by atoms with Crippen molar-refractivity contribution in [2.24, 2.45) is 0 Å². The van der Waals surface area contributed by atoms with Crippen LogP contribution in [0.4, 0.5) is 5.69 Å². The SMILES string of the molecule is [2H]C([2H])([2H])N1C=CN(c2c(C)ccc3c2C(C)(C)c2ccncc2-3)[C@H]1C. The lowest BCUT2D eigenvalue weighted by molar-refractivity contribution is 0.382. The van der Waals surface area contributed by atoms with Gasteiger partial charge in [0.15, 0.2) is 0 Å². The third kappa shape index (κ3) is 1.79. The summed E-state index contributed by atoms with van der Waals surface area (Å²) in [7, 11) is 0. The number of aromatic nitrogens is 1. The van der Waals surface area contributed by atoms with Crippen LogP contribution in [0.15, 0.2) is 43.0 Å². The largest absolute Gasteiger partial charge is 0.359 e. The van der Waals surface area contributed by atoms with Crippen LogP contribution in [0.3, 0.4) is 0 Å². The van der Waals surface area contributed by atoms with E-state index < -0.39 is 6.98 Å². The fourth-order valence-electron chi connectivity index (χ4n) is 3.96. The average Bonchev–Trinajstić information content (AvgIpc) is 3.05. The summed E-state index contributed by atoms with van der Waals surface area (Å²) in [4.78, 5) is 7.84. The lowest BCUT2D eigenvalue weighted by Gasteiger charge is -2.33. The summed E-state index contributed by atoms with van der Waals surface area (Å²) in [5, 5.41) is 0. The van der Waals surface area contributed by atoms with Crippen molar-refractivity contribution in [2.75, 3.05) is 11.9 Å². The molecule has 1 aliphatic heterocycles. The molecule has 3 heteroatoms. The zero-order valence-electron chi connectivity index (χ0n) is 17.0. The van der Waals surface area contributed by atoms with Gasteiger partial charge in [-0.25, -0.2) is 0 Å². The monoisotopic (exact) mass is 308 g/mol. The zero-order valence-corrected chi connectivity index (χ0v) is 14.0. The molecule has 1 atom stereocenters. The minimum absolute atomic E-state index is 0.171. The summed E-state index contributed by atoms with van der Waals surface area (Å²) in [5.74, 6) is 0. The molecule has 0 saturated heterocycles. The molecule has 0 saturated carbocycles. The Balaban J connectivity index is 1.91. The lowest BCUT2D eigenvalue weighted by Crippen LogP contribution is -2.35. The summed E-state index contributed by atoms with van der Waals surface area (Å²) >= 11 is 0. The number of hydrogen-bond acceptors (Lipinski definition) is 3. The predicted molar refractivity (Wildman–Crippen MR) is 95.4 cm³/mol. The van der Waals surface area contributed by atoms with E-state index in [4.69, 9.17) is 4.11 Å². The van der Waals surface area contributed by atoms with Crippen LogP contribution in [0, 0.1) is 6.92 Å². The van der Waals surface area contributed by atoms with Gasteiger partial charge in [0.05, 0.1) is 5.69 Å². The third-order valence-electron chi connectivity index (χ3n) is 5.24. The molecule has 118 valence electrons. The van der Waals surface area contributed by atoms with E-state index in [-0.39, 0.29) is 11.6 Å². The second-order valence-corrected chi connectivity index (χ2v) is 6.94. The molecule has 2 aromatic rings. The first kappa shape index (κ1) is 11.3. The number of pyridine rings is 1. The topological polar surface area (TPSA) is 19.4 Å². The summed E-state index contributed by atoms with van der Waals surface area (Å²) in [6.07, 6.45) is 7.06. The molecular formula is C20H23N3. The minimum atomic E-state index is -2.15. The maximum absolute atomic E-state index is 7.78. The van der Waals surface area contributed by atoms with Crippen molar-refractivity contribution in [3.63, 3.8) is 0 Å². The molecule has 2 heterocycles. The van der Waals surface area contributed by atoms with E-state index in [0.29, 0.717) is 0 Å². The summed E-state index contributed by atoms with van der Waals surface area (Å²) in [6.45, 7) is 6.32. The summed E-state index contributed by atoms with van der Waals surface area (Å²) < 4.78 is 23.3. The molecule has 4 rings (SSSR count). The van der Waals surface area contributed by atoms with E-state index in [1.807, 2.05) is 25.5 Å². The Labute approximate surface area is 142 Å². The van der Waals surface area contributed by atoms with Gasteiger partial charge in [-0.1, -0.05) is 26.0 Å². The van der Waals surface area contributed by atoms with Crippen molar-refractivity contribution in [3.05, 3.63) is 59.7 Å². The number of aryl methyl sites for hydroxylation is 1. The molecule has 0 spiro atoms. The van der Waals surface area contributed by atoms with Crippen molar-refractivity contribution in [3.8, 4) is 11.1 Å². The molecule has 0 bridgehead atoms. The van der Waals surface area contributed by atoms with Gasteiger partial charge in [-0.05, 0) is 42.2 Å². The van der Waals surface area contributed by atoms with E-state index in [2.05, 4.69) is 48.9 Å². The molecule has 2 aliphatic rings. The van der Waals surface area contributed by atoms with Crippen molar-refractivity contribution in [1.82, 2.24) is 9.88 Å². The normalized spacial score (nSPS) is 23.3. The third-order valence-corrected chi connectivity index (χ3v) is 5.24. The average molecular weight is 308 g/mol. The van der Waals surface area contributed by atoms with Crippen LogP contribution in [0.25, 0.3) is 11.1 Å². The van der Waals surface area contributed by atoms with Crippen LogP contribution in [0.5, 0.6) is 0 Å². The Bertz CT molecular complexity index is 915. The predicted octanol–water partition coefficient (Wildman–Crippen LogP) is 4.27. The fraction of sp³-hybridized carbons (Fsp3) is 0.350. The van der Waals surface area contributed by atoms with Crippen LogP contribution in [0.1, 0.15) is 41.6 Å². The van der Waals surface area contributed by atoms with Crippen LogP contribution in [-0.2, 0) is 5.41 Å². The first-order valence-corrected chi connectivity index (χ1v) is 7.98. The molecule has 1 aromatic carbocycles. The molecule has 23 heavy (non-hydrogen) atoms. The first-order valence-electron chi connectivity index (χ1n) is 9.48. The van der Waals surface area contributed by atoms with Crippen LogP contribution >= 0.6 is 0 Å². The highest BCUT2D eigenvalue weighted by atomic mass is 15.4. The van der Waals surface area contributed by atoms with Gasteiger partial charge in [0.25, 0.3) is 0 Å². The standard InChI is InChI=1S/C20H23N3/c1-13-6-7-15-16-12-21-9-8-17(16)20(3,4)18(15)19(13)23-11-10-22(5)14(23)2/h6-12,14H,1-5H3/t14-/m0/s1/i5D3. The highest BCUT2D eigenvalue weighted by Crippen LogP contribution is 2.53. The molecular weight excluding hydrogens is 282 g/mol. The van der Waals surface area contributed by atoms with E-state index in [9.17, 15) is 0 Å². The van der Waals surface area contributed by atoms with Crippen LogP contribution in [0.2, 0.25) is 0 Å². The molecule has 0 fully saturated rings. The van der Waals surface area contributed by atoms with Gasteiger partial charge < -0.3 is 9.80 Å². The van der Waals surface area contributed by atoms with E-state index in [1.165, 1.54) is 21.6 Å². The Hall–Kier alpha value is -2.29. The number of nitrogens with zero attached hydrogens (tertiary/aromatic N) is 3. The highest BCUT2D eigenvalue weighted by Gasteiger charge is 2.40. The Morgan fingerprint density at radius 3 is 2.74 bits per heavy atom. The molecule has 0 amide bonds.